The van der Waals surface area contributed by atoms with E-state index < -0.39 is 5.97 Å². The molecular formula is C20H20N2O3. The SMILES string of the molecule is COc1cn(-c2ccccc2)nc1C(=O)Oc1c(C)ccc(C)c1C. The predicted molar refractivity (Wildman–Crippen MR) is 95.7 cm³/mol. The summed E-state index contributed by atoms with van der Waals surface area (Å²) < 4.78 is 12.5. The molecule has 5 nitrogen and oxygen atoms in total. The molecule has 1 aromatic heterocycles. The molecule has 0 radical (unpaired) electrons. The highest BCUT2D eigenvalue weighted by molar-refractivity contribution is 5.92. The zero-order chi connectivity index (χ0) is 18.0. The summed E-state index contributed by atoms with van der Waals surface area (Å²) in [5, 5.41) is 4.35. The number of benzene rings is 2. The summed E-state index contributed by atoms with van der Waals surface area (Å²) in [5.41, 5.74) is 3.89. The van der Waals surface area contributed by atoms with Crippen LogP contribution in [0.2, 0.25) is 0 Å². The van der Waals surface area contributed by atoms with E-state index in [-0.39, 0.29) is 5.69 Å². The highest BCUT2D eigenvalue weighted by atomic mass is 16.5. The molecular weight excluding hydrogens is 316 g/mol. The van der Waals surface area contributed by atoms with Crippen LogP contribution >= 0.6 is 0 Å². The van der Waals surface area contributed by atoms with Crippen molar-refractivity contribution in [2.45, 2.75) is 20.8 Å². The molecule has 0 amide bonds. The number of hydrogen-bond donors (Lipinski definition) is 0. The summed E-state index contributed by atoms with van der Waals surface area (Å²) in [4.78, 5) is 12.7. The lowest BCUT2D eigenvalue weighted by Crippen LogP contribution is -2.13. The summed E-state index contributed by atoms with van der Waals surface area (Å²) in [5.74, 6) is 0.404. The van der Waals surface area contributed by atoms with E-state index in [1.54, 1.807) is 10.9 Å². The number of hydrogen-bond acceptors (Lipinski definition) is 4. The Morgan fingerprint density at radius 1 is 1.00 bits per heavy atom. The fraction of sp³-hybridized carbons (Fsp3) is 0.200. The molecule has 0 spiro atoms. The van der Waals surface area contributed by atoms with Crippen LogP contribution < -0.4 is 9.47 Å². The van der Waals surface area contributed by atoms with Crippen LogP contribution in [0.5, 0.6) is 11.5 Å². The van der Waals surface area contributed by atoms with Gasteiger partial charge in [-0.05, 0) is 49.6 Å². The second-order valence-corrected chi connectivity index (χ2v) is 5.87. The Morgan fingerprint density at radius 3 is 2.36 bits per heavy atom. The van der Waals surface area contributed by atoms with E-state index in [0.29, 0.717) is 11.5 Å². The van der Waals surface area contributed by atoms with Crippen molar-refractivity contribution in [1.29, 1.82) is 0 Å². The third kappa shape index (κ3) is 3.26. The van der Waals surface area contributed by atoms with E-state index in [4.69, 9.17) is 9.47 Å². The zero-order valence-electron chi connectivity index (χ0n) is 14.7. The Morgan fingerprint density at radius 2 is 1.68 bits per heavy atom. The van der Waals surface area contributed by atoms with E-state index in [2.05, 4.69) is 5.10 Å². The molecule has 0 saturated carbocycles. The lowest BCUT2D eigenvalue weighted by Gasteiger charge is -2.12. The van der Waals surface area contributed by atoms with Gasteiger partial charge in [0, 0.05) is 0 Å². The highest BCUT2D eigenvalue weighted by Gasteiger charge is 2.22. The summed E-state index contributed by atoms with van der Waals surface area (Å²) in [6.07, 6.45) is 1.67. The van der Waals surface area contributed by atoms with Gasteiger partial charge < -0.3 is 9.47 Å². The number of carbonyl (C=O) groups is 1. The van der Waals surface area contributed by atoms with Gasteiger partial charge in [-0.15, -0.1) is 0 Å². The number of nitrogens with zero attached hydrogens (tertiary/aromatic N) is 2. The average molecular weight is 336 g/mol. The van der Waals surface area contributed by atoms with Crippen molar-refractivity contribution in [1.82, 2.24) is 9.78 Å². The number of methoxy groups -OCH3 is 1. The predicted octanol–water partition coefficient (Wildman–Crippen LogP) is 4.03. The summed E-state index contributed by atoms with van der Waals surface area (Å²) in [6.45, 7) is 5.83. The molecule has 5 heteroatoms. The molecule has 0 unspecified atom stereocenters. The molecule has 3 rings (SSSR count). The van der Waals surface area contributed by atoms with Crippen molar-refractivity contribution in [2.24, 2.45) is 0 Å². The molecule has 0 atom stereocenters. The maximum absolute atomic E-state index is 12.7. The van der Waals surface area contributed by atoms with Crippen LogP contribution in [-0.2, 0) is 0 Å². The molecule has 0 N–H and O–H groups in total. The van der Waals surface area contributed by atoms with Crippen LogP contribution in [0.1, 0.15) is 27.2 Å². The van der Waals surface area contributed by atoms with Gasteiger partial charge in [0.15, 0.2) is 5.75 Å². The number of ether oxygens (including phenoxy) is 2. The van der Waals surface area contributed by atoms with E-state index in [1.165, 1.54) is 7.11 Å². The maximum atomic E-state index is 12.7. The lowest BCUT2D eigenvalue weighted by atomic mass is 10.1. The molecule has 1 heterocycles. The fourth-order valence-corrected chi connectivity index (χ4v) is 2.59. The second kappa shape index (κ2) is 6.81. The molecule has 0 bridgehead atoms. The first-order valence-electron chi connectivity index (χ1n) is 7.99. The molecule has 0 aliphatic carbocycles. The maximum Gasteiger partial charge on any atom is 0.368 e. The first-order valence-corrected chi connectivity index (χ1v) is 7.99. The average Bonchev–Trinajstić information content (AvgIpc) is 3.07. The van der Waals surface area contributed by atoms with Gasteiger partial charge in [0.05, 0.1) is 19.0 Å². The lowest BCUT2D eigenvalue weighted by molar-refractivity contribution is 0.0722. The fourth-order valence-electron chi connectivity index (χ4n) is 2.59. The van der Waals surface area contributed by atoms with Crippen molar-refractivity contribution in [2.75, 3.05) is 7.11 Å². The van der Waals surface area contributed by atoms with Gasteiger partial charge in [-0.25, -0.2) is 9.48 Å². The van der Waals surface area contributed by atoms with Crippen LogP contribution in [0.15, 0.2) is 48.7 Å². The van der Waals surface area contributed by atoms with Crippen molar-refractivity contribution < 1.29 is 14.3 Å². The van der Waals surface area contributed by atoms with Crippen LogP contribution in [0, 0.1) is 20.8 Å². The molecule has 0 saturated heterocycles. The Bertz CT molecular complexity index is 914. The van der Waals surface area contributed by atoms with Crippen LogP contribution in [0.25, 0.3) is 5.69 Å². The standard InChI is InChI=1S/C20H20N2O3/c1-13-10-11-14(2)19(15(13)3)25-20(23)18-17(24-4)12-22(21-18)16-8-6-5-7-9-16/h5-12H,1-4H3. The summed E-state index contributed by atoms with van der Waals surface area (Å²) in [7, 11) is 1.51. The Hall–Kier alpha value is -3.08. The monoisotopic (exact) mass is 336 g/mol. The first-order chi connectivity index (χ1) is 12.0. The van der Waals surface area contributed by atoms with Crippen molar-refractivity contribution in [3.05, 3.63) is 71.0 Å². The molecule has 128 valence electrons. The largest absolute Gasteiger partial charge is 0.493 e. The van der Waals surface area contributed by atoms with E-state index in [0.717, 1.165) is 22.4 Å². The Balaban J connectivity index is 1.96. The molecule has 0 fully saturated rings. The van der Waals surface area contributed by atoms with Gasteiger partial charge in [-0.2, -0.15) is 5.10 Å². The molecule has 2 aromatic carbocycles. The number of carbonyl (C=O) groups excluding carboxylic acids is 1. The first kappa shape index (κ1) is 16.8. The Kier molecular flexibility index (Phi) is 4.57. The highest BCUT2D eigenvalue weighted by Crippen LogP contribution is 2.28. The number of aryl methyl sites for hydroxylation is 2. The smallest absolute Gasteiger partial charge is 0.368 e. The number of esters is 1. The molecule has 3 aromatic rings. The topological polar surface area (TPSA) is 53.4 Å². The zero-order valence-corrected chi connectivity index (χ0v) is 14.7. The molecule has 25 heavy (non-hydrogen) atoms. The van der Waals surface area contributed by atoms with Crippen molar-refractivity contribution >= 4 is 5.97 Å². The normalized spacial score (nSPS) is 10.6. The van der Waals surface area contributed by atoms with Gasteiger partial charge in [-0.3, -0.25) is 0 Å². The van der Waals surface area contributed by atoms with E-state index in [9.17, 15) is 4.79 Å². The second-order valence-electron chi connectivity index (χ2n) is 5.87. The Labute approximate surface area is 146 Å². The molecule has 0 aliphatic heterocycles. The van der Waals surface area contributed by atoms with Gasteiger partial charge >= 0.3 is 5.97 Å². The number of para-hydroxylation sites is 1. The number of rotatable bonds is 4. The van der Waals surface area contributed by atoms with Crippen molar-refractivity contribution in [3.63, 3.8) is 0 Å². The third-order valence-electron chi connectivity index (χ3n) is 4.18. The van der Waals surface area contributed by atoms with Crippen LogP contribution in [0.3, 0.4) is 0 Å². The summed E-state index contributed by atoms with van der Waals surface area (Å²) in [6, 6.07) is 13.5. The van der Waals surface area contributed by atoms with Crippen LogP contribution in [0.4, 0.5) is 0 Å². The minimum absolute atomic E-state index is 0.145. The van der Waals surface area contributed by atoms with Crippen molar-refractivity contribution in [3.8, 4) is 17.2 Å². The summed E-state index contributed by atoms with van der Waals surface area (Å²) >= 11 is 0. The van der Waals surface area contributed by atoms with E-state index in [1.807, 2.05) is 63.2 Å². The van der Waals surface area contributed by atoms with Gasteiger partial charge in [0.25, 0.3) is 0 Å². The van der Waals surface area contributed by atoms with Gasteiger partial charge in [-0.1, -0.05) is 30.3 Å². The van der Waals surface area contributed by atoms with Gasteiger partial charge in [0.1, 0.15) is 5.75 Å². The quantitative estimate of drug-likeness (QED) is 0.533. The minimum atomic E-state index is -0.539. The van der Waals surface area contributed by atoms with Crippen LogP contribution in [-0.4, -0.2) is 22.9 Å². The minimum Gasteiger partial charge on any atom is -0.493 e. The molecule has 0 aliphatic rings. The van der Waals surface area contributed by atoms with E-state index >= 15 is 0 Å². The third-order valence-corrected chi connectivity index (χ3v) is 4.18. The number of aromatic nitrogens is 2. The van der Waals surface area contributed by atoms with Gasteiger partial charge in [0.2, 0.25) is 5.69 Å².